The highest BCUT2D eigenvalue weighted by atomic mass is 28.4. The summed E-state index contributed by atoms with van der Waals surface area (Å²) < 4.78 is 17.8. The summed E-state index contributed by atoms with van der Waals surface area (Å²) in [5, 5.41) is 10.8. The van der Waals surface area contributed by atoms with Gasteiger partial charge in [0.05, 0.1) is 12.0 Å². The Morgan fingerprint density at radius 2 is 2.09 bits per heavy atom. The van der Waals surface area contributed by atoms with Crippen LogP contribution in [0.4, 0.5) is 0 Å². The van der Waals surface area contributed by atoms with Gasteiger partial charge in [-0.25, -0.2) is 4.79 Å². The fourth-order valence-electron chi connectivity index (χ4n) is 3.69. The van der Waals surface area contributed by atoms with Crippen molar-refractivity contribution in [3.05, 3.63) is 11.8 Å². The summed E-state index contributed by atoms with van der Waals surface area (Å²) in [4.78, 5) is 11.8. The number of aliphatic hydroxyl groups excluding tert-OH is 1. The number of esters is 1. The fourth-order valence-corrected chi connectivity index (χ4v) is 4.72. The standard InChI is InChI=1S/C17H28O5Si/c1-10-8-17-11(9-20-23(5,6)16(2,3)4)14(19)15(10)21-12(17)7-13(18)22-17/h7,10-11,14-15,19H,8-9H2,1-6H3/t10-,11-,14-,15-,17-/m1/s1. The molecular weight excluding hydrogens is 312 g/mol. The largest absolute Gasteiger partial charge is 0.487 e. The first kappa shape index (κ1) is 17.0. The van der Waals surface area contributed by atoms with E-state index in [4.69, 9.17) is 13.9 Å². The van der Waals surface area contributed by atoms with E-state index in [0.717, 1.165) is 0 Å². The zero-order chi connectivity index (χ0) is 17.2. The number of hydrogen-bond donors (Lipinski definition) is 1. The lowest BCUT2D eigenvalue weighted by molar-refractivity contribution is -0.236. The van der Waals surface area contributed by atoms with Gasteiger partial charge in [-0.15, -0.1) is 0 Å². The lowest BCUT2D eigenvalue weighted by atomic mass is 9.65. The van der Waals surface area contributed by atoms with E-state index in [0.29, 0.717) is 18.8 Å². The molecule has 1 aliphatic carbocycles. The molecule has 4 rings (SSSR count). The second-order valence-electron chi connectivity index (χ2n) is 8.75. The van der Waals surface area contributed by atoms with Gasteiger partial charge in [-0.3, -0.25) is 0 Å². The monoisotopic (exact) mass is 340 g/mol. The number of hydrogen-bond acceptors (Lipinski definition) is 5. The molecule has 5 atom stereocenters. The Labute approximate surface area is 139 Å². The van der Waals surface area contributed by atoms with E-state index in [9.17, 15) is 9.90 Å². The van der Waals surface area contributed by atoms with Crippen molar-refractivity contribution in [2.75, 3.05) is 6.61 Å². The van der Waals surface area contributed by atoms with Gasteiger partial charge in [-0.1, -0.05) is 27.7 Å². The highest BCUT2D eigenvalue weighted by Gasteiger charge is 2.65. The lowest BCUT2D eigenvalue weighted by Gasteiger charge is -2.55. The second-order valence-corrected chi connectivity index (χ2v) is 13.6. The Morgan fingerprint density at radius 1 is 1.43 bits per heavy atom. The van der Waals surface area contributed by atoms with Crippen LogP contribution < -0.4 is 0 Å². The number of aliphatic hydroxyl groups is 1. The average molecular weight is 340 g/mol. The molecule has 5 nitrogen and oxygen atoms in total. The SMILES string of the molecule is C[C@@H]1C[C@]23OC(=O)C=C2O[C@H]1[C@H](O)[C@H]3CO[Si](C)(C)C(C)(C)C. The molecule has 0 aromatic heterocycles. The molecule has 3 heterocycles. The molecule has 1 spiro atoms. The molecule has 0 aromatic carbocycles. The van der Waals surface area contributed by atoms with Crippen LogP contribution in [0.3, 0.4) is 0 Å². The third kappa shape index (κ3) is 2.46. The van der Waals surface area contributed by atoms with E-state index in [1.807, 2.05) is 6.92 Å². The van der Waals surface area contributed by atoms with E-state index < -0.39 is 20.0 Å². The minimum absolute atomic E-state index is 0.0954. The highest BCUT2D eigenvalue weighted by Crippen LogP contribution is 2.54. The van der Waals surface area contributed by atoms with Crippen LogP contribution >= 0.6 is 0 Å². The topological polar surface area (TPSA) is 65.0 Å². The molecule has 0 aromatic rings. The summed E-state index contributed by atoms with van der Waals surface area (Å²) >= 11 is 0. The molecule has 3 aliphatic heterocycles. The van der Waals surface area contributed by atoms with Crippen molar-refractivity contribution in [1.82, 2.24) is 0 Å². The van der Waals surface area contributed by atoms with Gasteiger partial charge in [0.15, 0.2) is 13.9 Å². The van der Waals surface area contributed by atoms with Crippen molar-refractivity contribution >= 4 is 14.3 Å². The minimum Gasteiger partial charge on any atom is -0.487 e. The molecule has 1 saturated carbocycles. The van der Waals surface area contributed by atoms with E-state index in [-0.39, 0.29) is 28.9 Å². The fraction of sp³-hybridized carbons (Fsp3) is 0.824. The summed E-state index contributed by atoms with van der Waals surface area (Å²) in [6, 6.07) is 0. The third-order valence-corrected chi connectivity index (χ3v) is 10.7. The molecule has 23 heavy (non-hydrogen) atoms. The van der Waals surface area contributed by atoms with E-state index in [1.165, 1.54) is 6.08 Å². The summed E-state index contributed by atoms with van der Waals surface area (Å²) in [6.07, 6.45) is 1.17. The van der Waals surface area contributed by atoms with Crippen LogP contribution in [0, 0.1) is 11.8 Å². The third-order valence-electron chi connectivity index (χ3n) is 6.18. The van der Waals surface area contributed by atoms with Crippen LogP contribution in [-0.2, 0) is 18.7 Å². The first-order valence-electron chi connectivity index (χ1n) is 8.42. The first-order chi connectivity index (χ1) is 10.5. The van der Waals surface area contributed by atoms with Gasteiger partial charge >= 0.3 is 5.97 Å². The molecular formula is C17H28O5Si. The number of ether oxygens (including phenoxy) is 2. The quantitative estimate of drug-likeness (QED) is 0.632. The molecule has 4 aliphatic rings. The highest BCUT2D eigenvalue weighted by molar-refractivity contribution is 6.74. The molecule has 3 fully saturated rings. The maximum Gasteiger partial charge on any atom is 0.335 e. The van der Waals surface area contributed by atoms with Gasteiger partial charge in [-0.05, 0) is 24.1 Å². The maximum absolute atomic E-state index is 11.8. The van der Waals surface area contributed by atoms with Gasteiger partial charge < -0.3 is 19.0 Å². The average Bonchev–Trinajstić information content (AvgIpc) is 2.71. The van der Waals surface area contributed by atoms with E-state index in [2.05, 4.69) is 33.9 Å². The van der Waals surface area contributed by atoms with Gasteiger partial charge in [0, 0.05) is 13.0 Å². The van der Waals surface area contributed by atoms with E-state index in [1.54, 1.807) is 0 Å². The molecule has 6 heteroatoms. The van der Waals surface area contributed by atoms with Crippen LogP contribution in [0.5, 0.6) is 0 Å². The summed E-state index contributed by atoms with van der Waals surface area (Å²) in [7, 11) is -1.94. The van der Waals surface area contributed by atoms with Crippen LogP contribution in [0.2, 0.25) is 18.1 Å². The van der Waals surface area contributed by atoms with Crippen molar-refractivity contribution in [3.8, 4) is 0 Å². The molecule has 2 bridgehead atoms. The number of rotatable bonds is 3. The maximum atomic E-state index is 11.8. The van der Waals surface area contributed by atoms with Crippen LogP contribution in [0.15, 0.2) is 11.8 Å². The molecule has 0 unspecified atom stereocenters. The number of carbonyl (C=O) groups is 1. The Kier molecular flexibility index (Phi) is 3.74. The zero-order valence-electron chi connectivity index (χ0n) is 14.9. The van der Waals surface area contributed by atoms with Crippen molar-refractivity contribution in [2.45, 2.75) is 70.1 Å². The normalized spacial score (nSPS) is 39.6. The Balaban J connectivity index is 1.85. The van der Waals surface area contributed by atoms with Crippen molar-refractivity contribution in [3.63, 3.8) is 0 Å². The number of fused-ring (bicyclic) bond motifs is 2. The first-order valence-corrected chi connectivity index (χ1v) is 11.3. The second kappa shape index (κ2) is 5.07. The minimum atomic E-state index is -1.94. The van der Waals surface area contributed by atoms with Crippen LogP contribution in [0.25, 0.3) is 0 Å². The number of carbonyl (C=O) groups excluding carboxylic acids is 1. The van der Waals surface area contributed by atoms with Gasteiger partial charge in [-0.2, -0.15) is 0 Å². The van der Waals surface area contributed by atoms with Crippen molar-refractivity contribution in [2.24, 2.45) is 11.8 Å². The Morgan fingerprint density at radius 3 is 2.70 bits per heavy atom. The summed E-state index contributed by atoms with van der Waals surface area (Å²) in [6.45, 7) is 13.4. The van der Waals surface area contributed by atoms with E-state index >= 15 is 0 Å². The molecule has 0 radical (unpaired) electrons. The lowest BCUT2D eigenvalue weighted by Crippen LogP contribution is -2.65. The van der Waals surface area contributed by atoms with Gasteiger partial charge in [0.1, 0.15) is 18.0 Å². The molecule has 0 amide bonds. The predicted octanol–water partition coefficient (Wildman–Crippen LogP) is 2.60. The molecule has 1 N–H and O–H groups in total. The van der Waals surface area contributed by atoms with Gasteiger partial charge in [0.25, 0.3) is 0 Å². The Hall–Kier alpha value is -0.853. The van der Waals surface area contributed by atoms with Crippen LogP contribution in [0.1, 0.15) is 34.1 Å². The van der Waals surface area contributed by atoms with Crippen LogP contribution in [-0.4, -0.2) is 43.8 Å². The van der Waals surface area contributed by atoms with Gasteiger partial charge in [0.2, 0.25) is 0 Å². The molecule has 130 valence electrons. The van der Waals surface area contributed by atoms with Crippen molar-refractivity contribution in [1.29, 1.82) is 0 Å². The zero-order valence-corrected chi connectivity index (χ0v) is 15.9. The smallest absolute Gasteiger partial charge is 0.335 e. The summed E-state index contributed by atoms with van der Waals surface area (Å²) in [5.41, 5.74) is -0.840. The van der Waals surface area contributed by atoms with Crippen molar-refractivity contribution < 1.29 is 23.8 Å². The predicted molar refractivity (Wildman–Crippen MR) is 88.2 cm³/mol. The summed E-state index contributed by atoms with van der Waals surface area (Å²) in [5.74, 6) is 0.0976. The Bertz CT molecular complexity index is 550. The molecule has 2 saturated heterocycles.